The molecule has 16 aromatic carbocycles. The molecule has 4 aromatic heterocycles. The Hall–Kier alpha value is -13.3. The van der Waals surface area contributed by atoms with Gasteiger partial charge in [-0.3, -0.25) is 0 Å². The molecule has 0 N–H and O–H groups in total. The van der Waals surface area contributed by atoms with Crippen LogP contribution in [0.5, 0.6) is 0 Å². The van der Waals surface area contributed by atoms with Gasteiger partial charge in [0.25, 0.3) is 0 Å². The molecule has 0 bridgehead atoms. The Kier molecular flexibility index (Phi) is 15.9. The van der Waals surface area contributed by atoms with Crippen LogP contribution >= 0.6 is 0 Å². The van der Waals surface area contributed by atoms with Gasteiger partial charge in [0.2, 0.25) is 0 Å². The number of rotatable bonds is 9. The number of nitrogens with zero attached hydrogens (tertiary/aromatic N) is 4. The zero-order valence-electron chi connectivity index (χ0n) is 71.1. The van der Waals surface area contributed by atoms with Gasteiger partial charge in [-0.15, -0.1) is 0 Å². The fraction of sp³-hybridized carbons (Fsp3) is 0.172. The molecule has 0 saturated carbocycles. The van der Waals surface area contributed by atoms with Gasteiger partial charge in [-0.25, -0.2) is 0 Å². The van der Waals surface area contributed by atoms with Crippen LogP contribution in [-0.2, 0) is 32.5 Å². The molecule has 4 nitrogen and oxygen atoms in total. The molecule has 0 atom stereocenters. The number of hydrogen-bond donors (Lipinski definition) is 0. The Balaban J connectivity index is 0.768. The topological polar surface area (TPSA) is 19.7 Å². The molecule has 2 aliphatic rings. The van der Waals surface area contributed by atoms with E-state index in [1.807, 2.05) is 0 Å². The largest absolute Gasteiger partial charge is 0.309 e. The van der Waals surface area contributed by atoms with Gasteiger partial charge in [-0.05, 0) is 281 Å². The van der Waals surface area contributed by atoms with Gasteiger partial charge < -0.3 is 18.3 Å². The van der Waals surface area contributed by atoms with Crippen LogP contribution in [0.3, 0.4) is 0 Å². The molecule has 0 saturated heterocycles. The summed E-state index contributed by atoms with van der Waals surface area (Å²) in [4.78, 5) is 0. The first-order valence-electron chi connectivity index (χ1n) is 42.9. The third-order valence-electron chi connectivity index (χ3n) is 27.3. The second-order valence-electron chi connectivity index (χ2n) is 38.6. The van der Waals surface area contributed by atoms with Crippen molar-refractivity contribution in [1.82, 2.24) is 18.3 Å². The molecule has 22 rings (SSSR count). The Morgan fingerprint density at radius 3 is 0.658 bits per heavy atom. The van der Waals surface area contributed by atoms with E-state index >= 15 is 0 Å². The molecular formula is C116H98N4. The van der Waals surface area contributed by atoms with E-state index in [2.05, 4.69) is 455 Å². The van der Waals surface area contributed by atoms with Crippen molar-refractivity contribution in [3.8, 4) is 56.1 Å². The van der Waals surface area contributed by atoms with Crippen molar-refractivity contribution in [1.29, 1.82) is 0 Å². The molecule has 582 valence electrons. The van der Waals surface area contributed by atoms with E-state index in [4.69, 9.17) is 0 Å². The van der Waals surface area contributed by atoms with Crippen LogP contribution in [-0.4, -0.2) is 18.3 Å². The lowest BCUT2D eigenvalue weighted by Crippen LogP contribution is -2.28. The molecule has 0 fully saturated rings. The zero-order chi connectivity index (χ0) is 82.0. The van der Waals surface area contributed by atoms with Gasteiger partial charge in [0.05, 0.1) is 55.0 Å². The van der Waals surface area contributed by atoms with E-state index in [1.165, 1.54) is 176 Å². The summed E-state index contributed by atoms with van der Waals surface area (Å²) < 4.78 is 9.98. The van der Waals surface area contributed by atoms with Gasteiger partial charge in [-0.2, -0.15) is 0 Å². The maximum absolute atomic E-state index is 2.60. The van der Waals surface area contributed by atoms with E-state index in [-0.39, 0.29) is 21.7 Å². The third-order valence-corrected chi connectivity index (χ3v) is 27.3. The molecule has 0 spiro atoms. The molecular weight excluding hydrogens is 1450 g/mol. The van der Waals surface area contributed by atoms with Crippen LogP contribution in [0, 0.1) is 13.8 Å². The highest BCUT2D eigenvalue weighted by Crippen LogP contribution is 2.60. The maximum Gasteiger partial charge on any atom is 0.0714 e. The van der Waals surface area contributed by atoms with Gasteiger partial charge in [0.1, 0.15) is 0 Å². The highest BCUT2D eigenvalue weighted by Gasteiger charge is 2.49. The normalized spacial score (nSPS) is 13.9. The summed E-state index contributed by atoms with van der Waals surface area (Å²) >= 11 is 0. The molecule has 0 unspecified atom stereocenters. The van der Waals surface area contributed by atoms with E-state index in [0.717, 1.165) is 44.9 Å². The molecule has 20 aromatic rings. The average molecular weight is 1550 g/mol. The molecule has 4 heterocycles. The van der Waals surface area contributed by atoms with Gasteiger partial charge in [0, 0.05) is 65.8 Å². The quantitative estimate of drug-likeness (QED) is 0.137. The number of fused-ring (bicyclic) bond motifs is 18. The predicted molar refractivity (Wildman–Crippen MR) is 508 cm³/mol. The van der Waals surface area contributed by atoms with Gasteiger partial charge >= 0.3 is 0 Å². The van der Waals surface area contributed by atoms with E-state index in [0.29, 0.717) is 0 Å². The molecule has 120 heavy (non-hydrogen) atoms. The van der Waals surface area contributed by atoms with Gasteiger partial charge in [-0.1, -0.05) is 288 Å². The summed E-state index contributed by atoms with van der Waals surface area (Å²) in [5.41, 5.74) is 37.8. The minimum Gasteiger partial charge on any atom is -0.309 e. The van der Waals surface area contributed by atoms with E-state index in [9.17, 15) is 0 Å². The van der Waals surface area contributed by atoms with Crippen molar-refractivity contribution >= 4 is 87.2 Å². The van der Waals surface area contributed by atoms with Gasteiger partial charge in [0.15, 0.2) is 0 Å². The third kappa shape index (κ3) is 10.8. The second-order valence-corrected chi connectivity index (χ2v) is 38.6. The van der Waals surface area contributed by atoms with Crippen molar-refractivity contribution < 1.29 is 0 Å². The Morgan fingerprint density at radius 1 is 0.192 bits per heavy atom. The summed E-state index contributed by atoms with van der Waals surface area (Å²) in [5, 5.41) is 9.92. The molecule has 0 amide bonds. The first-order valence-corrected chi connectivity index (χ1v) is 42.9. The fourth-order valence-corrected chi connectivity index (χ4v) is 21.2. The van der Waals surface area contributed by atoms with Crippen molar-refractivity contribution in [3.05, 3.63) is 418 Å². The summed E-state index contributed by atoms with van der Waals surface area (Å²) in [6, 6.07) is 132. The Bertz CT molecular complexity index is 7160. The standard InChI is InChI=1S/C116H98N4/c1-71-31-55-103-91(63-71)95-67-79(43-59-107(95)119(103)85-51-37-75(38-52-85)111(3,4)5)115(99-27-19-15-23-87(99)88-24-16-20-28-100(88)115)81-45-61-109-97(69-81)98-70-82(46-62-110(98)118(109)84-49-35-74(36-50-84)73-33-47-83(48-34-73)117-105-57-41-77(113(9,10)11)65-93(105)94-66-78(114(12,13)14)42-58-106(94)117)116(101-29-21-17-25-89(101)90-26-18-22-30-102(90)116)80-44-60-108-96(68-80)92-64-72(2)32-56-104(92)120(108)86-53-39-76(40-54-86)112(6,7)8/h15-70H,1-14H3. The van der Waals surface area contributed by atoms with Crippen LogP contribution < -0.4 is 0 Å². The van der Waals surface area contributed by atoms with Crippen LogP contribution in [0.4, 0.5) is 0 Å². The second kappa shape index (κ2) is 26.1. The zero-order valence-corrected chi connectivity index (χ0v) is 71.1. The van der Waals surface area contributed by atoms with Crippen molar-refractivity contribution in [2.75, 3.05) is 0 Å². The lowest BCUT2D eigenvalue weighted by atomic mass is 9.67. The monoisotopic (exact) mass is 1550 g/mol. The summed E-state index contributed by atoms with van der Waals surface area (Å²) in [7, 11) is 0. The highest BCUT2D eigenvalue weighted by molar-refractivity contribution is 6.14. The van der Waals surface area contributed by atoms with Crippen molar-refractivity contribution in [3.63, 3.8) is 0 Å². The highest BCUT2D eigenvalue weighted by atomic mass is 15.0. The summed E-state index contributed by atoms with van der Waals surface area (Å²) in [6.07, 6.45) is 0. The van der Waals surface area contributed by atoms with Crippen molar-refractivity contribution in [2.24, 2.45) is 0 Å². The SMILES string of the molecule is Cc1ccc2c(c1)c1cc(C3(c4ccc5c(c4)c4cc(C6(c7ccc8c(c7)c7cc(C)ccc7n8-c7ccc(C(C)(C)C)cc7)c7ccccc7-c7ccccc76)ccc4n5-c4ccc(-c5ccc(-n6c7ccc(C(C)(C)C)cc7c7cc(C(C)(C)C)ccc76)cc5)cc4)c4ccccc4-c4ccccc43)ccc1n2-c1ccc(C(C)(C)C)cc1. The minimum atomic E-state index is -0.745. The summed E-state index contributed by atoms with van der Waals surface area (Å²) in [5.74, 6) is 0. The molecule has 2 aliphatic carbocycles. The van der Waals surface area contributed by atoms with Crippen LogP contribution in [0.25, 0.3) is 143 Å². The van der Waals surface area contributed by atoms with E-state index < -0.39 is 10.8 Å². The van der Waals surface area contributed by atoms with Crippen LogP contribution in [0.15, 0.2) is 340 Å². The fourth-order valence-electron chi connectivity index (χ4n) is 21.2. The number of aromatic nitrogens is 4. The van der Waals surface area contributed by atoms with E-state index in [1.54, 1.807) is 0 Å². The first kappa shape index (κ1) is 73.1. The Labute approximate surface area is 703 Å². The van der Waals surface area contributed by atoms with Crippen molar-refractivity contribution in [2.45, 2.75) is 129 Å². The molecule has 4 heteroatoms. The number of benzene rings is 16. The number of aryl methyl sites for hydroxylation is 2. The first-order chi connectivity index (χ1) is 57.8. The molecule has 0 aliphatic heterocycles. The minimum absolute atomic E-state index is 0.0142. The average Bonchev–Trinajstić information content (AvgIpc) is 1.51. The lowest BCUT2D eigenvalue weighted by Gasteiger charge is -2.34. The lowest BCUT2D eigenvalue weighted by molar-refractivity contribution is 0.590. The number of hydrogen-bond acceptors (Lipinski definition) is 0. The Morgan fingerprint density at radius 2 is 0.400 bits per heavy atom. The van der Waals surface area contributed by atoms with Crippen LogP contribution in [0.1, 0.15) is 161 Å². The van der Waals surface area contributed by atoms with Crippen LogP contribution in [0.2, 0.25) is 0 Å². The maximum atomic E-state index is 2.60. The molecule has 0 radical (unpaired) electrons. The summed E-state index contributed by atoms with van der Waals surface area (Å²) in [6.45, 7) is 32.1. The smallest absolute Gasteiger partial charge is 0.0714 e. The predicted octanol–water partition coefficient (Wildman–Crippen LogP) is 30.3.